The number of aromatic nitrogens is 3. The summed E-state index contributed by atoms with van der Waals surface area (Å²) in [5.74, 6) is 1.20. The summed E-state index contributed by atoms with van der Waals surface area (Å²) in [6, 6.07) is 9.81. The normalized spacial score (nSPS) is 15.0. The minimum Gasteiger partial charge on any atom is -0.487 e. The molecule has 7 heteroatoms. The molecule has 1 atom stereocenters. The van der Waals surface area contributed by atoms with E-state index in [0.29, 0.717) is 12.3 Å². The first-order chi connectivity index (χ1) is 13.3. The number of benzene rings is 1. The average molecular weight is 378 g/mol. The quantitative estimate of drug-likeness (QED) is 0.665. The Morgan fingerprint density at radius 1 is 1.15 bits per heavy atom. The topological polar surface area (TPSA) is 77.0 Å². The number of nitrogens with one attached hydrogen (secondary N) is 1. The second kappa shape index (κ2) is 8.18. The van der Waals surface area contributed by atoms with Gasteiger partial charge in [-0.3, -0.25) is 19.7 Å². The van der Waals surface area contributed by atoms with Crippen molar-refractivity contribution < 1.29 is 9.53 Å². The van der Waals surface area contributed by atoms with Gasteiger partial charge in [0.25, 0.3) is 0 Å². The predicted octanol–water partition coefficient (Wildman–Crippen LogP) is 2.75. The Hall–Kier alpha value is -2.93. The molecule has 4 rings (SSSR count). The van der Waals surface area contributed by atoms with Gasteiger partial charge in [0.15, 0.2) is 0 Å². The number of carbonyl (C=O) groups is 1. The van der Waals surface area contributed by atoms with Crippen LogP contribution in [-0.2, 0) is 11.2 Å². The third-order valence-electron chi connectivity index (χ3n) is 4.21. The number of hydrogen-bond donors (Lipinski definition) is 1. The number of pyridine rings is 1. The second-order valence-corrected chi connectivity index (χ2v) is 7.15. The first kappa shape index (κ1) is 17.5. The maximum absolute atomic E-state index is 12.1. The van der Waals surface area contributed by atoms with Gasteiger partial charge >= 0.3 is 0 Å². The first-order valence-corrected chi connectivity index (χ1v) is 9.62. The van der Waals surface area contributed by atoms with E-state index in [9.17, 15) is 4.79 Å². The molecule has 3 heterocycles. The zero-order valence-corrected chi connectivity index (χ0v) is 15.4. The summed E-state index contributed by atoms with van der Waals surface area (Å²) in [6.07, 6.45) is 9.17. The summed E-state index contributed by atoms with van der Waals surface area (Å²) in [6.45, 7) is 0.477. The highest BCUT2D eigenvalue weighted by Crippen LogP contribution is 2.37. The standard InChI is InChI=1S/C20H18N4O2S/c25-19(13-27-16-4-6-21-7-5-16)24-11-15-10-14-2-1-3-17(20(14)26-15)18-12-22-8-9-23-18/h1-9,12,15H,10-11,13H2,(H,24,25)/t15-/m0/s1. The molecule has 27 heavy (non-hydrogen) atoms. The van der Waals surface area contributed by atoms with Gasteiger partial charge in [0.05, 0.1) is 24.2 Å². The number of carbonyl (C=O) groups excluding carboxylic acids is 1. The Morgan fingerprint density at radius 2 is 2.04 bits per heavy atom. The molecule has 0 saturated heterocycles. The van der Waals surface area contributed by atoms with E-state index in [2.05, 4.69) is 26.3 Å². The van der Waals surface area contributed by atoms with Gasteiger partial charge in [-0.15, -0.1) is 11.8 Å². The van der Waals surface area contributed by atoms with Crippen molar-refractivity contribution in [3.05, 3.63) is 66.9 Å². The maximum Gasteiger partial charge on any atom is 0.230 e. The van der Waals surface area contributed by atoms with Crippen LogP contribution < -0.4 is 10.1 Å². The number of amides is 1. The maximum atomic E-state index is 12.1. The summed E-state index contributed by atoms with van der Waals surface area (Å²) < 4.78 is 6.11. The Kier molecular flexibility index (Phi) is 5.29. The molecule has 0 unspecified atom stereocenters. The van der Waals surface area contributed by atoms with E-state index in [1.54, 1.807) is 31.0 Å². The van der Waals surface area contributed by atoms with Gasteiger partial charge < -0.3 is 10.1 Å². The zero-order chi connectivity index (χ0) is 18.5. The van der Waals surface area contributed by atoms with Crippen LogP contribution in [0.5, 0.6) is 5.75 Å². The lowest BCUT2D eigenvalue weighted by Crippen LogP contribution is -2.35. The summed E-state index contributed by atoms with van der Waals surface area (Å²) in [5, 5.41) is 2.96. The van der Waals surface area contributed by atoms with Gasteiger partial charge in [-0.25, -0.2) is 0 Å². The van der Waals surface area contributed by atoms with Gasteiger partial charge in [0.1, 0.15) is 11.9 Å². The number of nitrogens with zero attached hydrogens (tertiary/aromatic N) is 3. The van der Waals surface area contributed by atoms with Crippen LogP contribution in [-0.4, -0.2) is 39.3 Å². The highest BCUT2D eigenvalue weighted by molar-refractivity contribution is 8.00. The van der Waals surface area contributed by atoms with Crippen molar-refractivity contribution in [1.29, 1.82) is 0 Å². The molecule has 1 aliphatic heterocycles. The van der Waals surface area contributed by atoms with Crippen molar-refractivity contribution >= 4 is 17.7 Å². The van der Waals surface area contributed by atoms with Crippen molar-refractivity contribution in [2.45, 2.75) is 17.4 Å². The highest BCUT2D eigenvalue weighted by Gasteiger charge is 2.26. The summed E-state index contributed by atoms with van der Waals surface area (Å²) in [4.78, 5) is 25.6. The molecule has 3 aromatic rings. The fourth-order valence-corrected chi connectivity index (χ4v) is 3.67. The Balaban J connectivity index is 1.33. The molecule has 1 aliphatic rings. The van der Waals surface area contributed by atoms with Crippen molar-refractivity contribution in [2.24, 2.45) is 0 Å². The Morgan fingerprint density at radius 3 is 2.85 bits per heavy atom. The van der Waals surface area contributed by atoms with E-state index in [-0.39, 0.29) is 12.0 Å². The van der Waals surface area contributed by atoms with Crippen LogP contribution in [0.25, 0.3) is 11.3 Å². The summed E-state index contributed by atoms with van der Waals surface area (Å²) in [5.41, 5.74) is 2.85. The Bertz CT molecular complexity index is 922. The molecule has 0 fully saturated rings. The lowest BCUT2D eigenvalue weighted by Gasteiger charge is -2.13. The molecule has 136 valence electrons. The predicted molar refractivity (Wildman–Crippen MR) is 104 cm³/mol. The van der Waals surface area contributed by atoms with Gasteiger partial charge in [-0.05, 0) is 23.8 Å². The molecule has 1 amide bonds. The Labute approximate surface area is 161 Å². The SMILES string of the molecule is O=C(CSc1ccncc1)NC[C@@H]1Cc2cccc(-c3cnccn3)c2O1. The number of fused-ring (bicyclic) bond motifs is 1. The molecule has 0 radical (unpaired) electrons. The molecule has 0 aliphatic carbocycles. The number of thioether (sulfide) groups is 1. The molecular weight excluding hydrogens is 360 g/mol. The molecule has 0 spiro atoms. The molecule has 0 bridgehead atoms. The number of rotatable bonds is 6. The fraction of sp³-hybridized carbons (Fsp3) is 0.200. The lowest BCUT2D eigenvalue weighted by molar-refractivity contribution is -0.118. The van der Waals surface area contributed by atoms with Crippen LogP contribution in [0, 0.1) is 0 Å². The van der Waals surface area contributed by atoms with Crippen LogP contribution in [0.15, 0.2) is 66.2 Å². The molecular formula is C20H18N4O2S. The van der Waals surface area contributed by atoms with Crippen molar-refractivity contribution in [1.82, 2.24) is 20.3 Å². The molecule has 0 saturated carbocycles. The smallest absolute Gasteiger partial charge is 0.230 e. The zero-order valence-electron chi connectivity index (χ0n) is 14.5. The fourth-order valence-electron chi connectivity index (χ4n) is 2.95. The van der Waals surface area contributed by atoms with Crippen LogP contribution in [0.4, 0.5) is 0 Å². The van der Waals surface area contributed by atoms with Crippen LogP contribution in [0.2, 0.25) is 0 Å². The lowest BCUT2D eigenvalue weighted by atomic mass is 10.0. The monoisotopic (exact) mass is 378 g/mol. The third kappa shape index (κ3) is 4.25. The van der Waals surface area contributed by atoms with E-state index < -0.39 is 0 Å². The number of hydrogen-bond acceptors (Lipinski definition) is 6. The van der Waals surface area contributed by atoms with Crippen molar-refractivity contribution in [3.8, 4) is 17.0 Å². The summed E-state index contributed by atoms with van der Waals surface area (Å²) >= 11 is 1.49. The molecule has 6 nitrogen and oxygen atoms in total. The van der Waals surface area contributed by atoms with Gasteiger partial charge in [-0.1, -0.05) is 12.1 Å². The van der Waals surface area contributed by atoms with Gasteiger partial charge in [-0.2, -0.15) is 0 Å². The minimum absolute atomic E-state index is 0.00878. The van der Waals surface area contributed by atoms with Crippen LogP contribution in [0.3, 0.4) is 0 Å². The molecule has 2 aromatic heterocycles. The number of ether oxygens (including phenoxy) is 1. The second-order valence-electron chi connectivity index (χ2n) is 6.10. The van der Waals surface area contributed by atoms with Gasteiger partial charge in [0.2, 0.25) is 5.91 Å². The van der Waals surface area contributed by atoms with Crippen molar-refractivity contribution in [3.63, 3.8) is 0 Å². The van der Waals surface area contributed by atoms with Crippen LogP contribution in [0.1, 0.15) is 5.56 Å². The van der Waals surface area contributed by atoms with Gasteiger partial charge in [0, 0.05) is 41.7 Å². The number of para-hydroxylation sites is 1. The van der Waals surface area contributed by atoms with E-state index in [1.165, 1.54) is 11.8 Å². The van der Waals surface area contributed by atoms with Crippen molar-refractivity contribution in [2.75, 3.05) is 12.3 Å². The highest BCUT2D eigenvalue weighted by atomic mass is 32.2. The van der Waals surface area contributed by atoms with Crippen LogP contribution >= 0.6 is 11.8 Å². The van der Waals surface area contributed by atoms with E-state index >= 15 is 0 Å². The first-order valence-electron chi connectivity index (χ1n) is 8.64. The molecule has 1 aromatic carbocycles. The van der Waals surface area contributed by atoms with E-state index in [1.807, 2.05) is 24.3 Å². The largest absolute Gasteiger partial charge is 0.487 e. The average Bonchev–Trinajstić information content (AvgIpc) is 3.15. The third-order valence-corrected chi connectivity index (χ3v) is 5.23. The van der Waals surface area contributed by atoms with E-state index in [0.717, 1.165) is 33.9 Å². The molecule has 1 N–H and O–H groups in total. The summed E-state index contributed by atoms with van der Waals surface area (Å²) in [7, 11) is 0. The minimum atomic E-state index is -0.0762. The van der Waals surface area contributed by atoms with E-state index in [4.69, 9.17) is 4.74 Å².